The zero-order valence-corrected chi connectivity index (χ0v) is 10.4. The molecule has 18 heavy (non-hydrogen) atoms. The molecule has 4 nitrogen and oxygen atoms in total. The summed E-state index contributed by atoms with van der Waals surface area (Å²) in [5.41, 5.74) is 3.63. The number of hydrogen-bond donors (Lipinski definition) is 0. The van der Waals surface area contributed by atoms with Gasteiger partial charge in [-0.25, -0.2) is 9.50 Å². The Labute approximate surface area is 105 Å². The summed E-state index contributed by atoms with van der Waals surface area (Å²) in [6.45, 7) is 4.26. The molecule has 0 aromatic carbocycles. The number of pyridine rings is 1. The first kappa shape index (κ1) is 10.9. The Bertz CT molecular complexity index is 671. The molecule has 3 aromatic heterocycles. The Balaban J connectivity index is 2.11. The molecule has 0 aliphatic heterocycles. The Kier molecular flexibility index (Phi) is 2.55. The third kappa shape index (κ3) is 1.86. The molecule has 0 radical (unpaired) electrons. The maximum absolute atomic E-state index is 4.55. The fourth-order valence-corrected chi connectivity index (χ4v) is 1.84. The summed E-state index contributed by atoms with van der Waals surface area (Å²) < 4.78 is 1.82. The molecule has 4 heteroatoms. The first-order valence-corrected chi connectivity index (χ1v) is 6.02. The van der Waals surface area contributed by atoms with Gasteiger partial charge in [0.05, 0.1) is 17.6 Å². The van der Waals surface area contributed by atoms with Crippen molar-refractivity contribution < 1.29 is 0 Å². The minimum atomic E-state index is 0.412. The second-order valence-electron chi connectivity index (χ2n) is 4.56. The predicted octanol–water partition coefficient (Wildman–Crippen LogP) is 2.91. The van der Waals surface area contributed by atoms with Crippen LogP contribution in [0.5, 0.6) is 0 Å². The zero-order chi connectivity index (χ0) is 12.5. The molecular formula is C14H14N4. The molecular weight excluding hydrogens is 224 g/mol. The average molecular weight is 238 g/mol. The van der Waals surface area contributed by atoms with Crippen LogP contribution in [0.3, 0.4) is 0 Å². The molecule has 0 unspecified atom stereocenters. The van der Waals surface area contributed by atoms with Crippen LogP contribution < -0.4 is 0 Å². The summed E-state index contributed by atoms with van der Waals surface area (Å²) >= 11 is 0. The zero-order valence-electron chi connectivity index (χ0n) is 10.4. The van der Waals surface area contributed by atoms with E-state index in [1.165, 1.54) is 0 Å². The number of aromatic nitrogens is 4. The van der Waals surface area contributed by atoms with E-state index in [1.54, 1.807) is 6.20 Å². The summed E-state index contributed by atoms with van der Waals surface area (Å²) in [6.07, 6.45) is 3.69. The van der Waals surface area contributed by atoms with E-state index < -0.39 is 0 Å². The molecule has 90 valence electrons. The third-order valence-corrected chi connectivity index (χ3v) is 2.86. The number of hydrogen-bond acceptors (Lipinski definition) is 3. The smallest absolute Gasteiger partial charge is 0.154 e. The summed E-state index contributed by atoms with van der Waals surface area (Å²) in [4.78, 5) is 8.82. The minimum Gasteiger partial charge on any atom is -0.255 e. The van der Waals surface area contributed by atoms with Crippen LogP contribution in [0.1, 0.15) is 25.5 Å². The highest BCUT2D eigenvalue weighted by molar-refractivity contribution is 5.58. The van der Waals surface area contributed by atoms with Gasteiger partial charge in [-0.1, -0.05) is 19.9 Å². The molecule has 0 bridgehead atoms. The molecule has 0 aliphatic rings. The van der Waals surface area contributed by atoms with Gasteiger partial charge in [-0.05, 0) is 30.2 Å². The van der Waals surface area contributed by atoms with Crippen molar-refractivity contribution in [1.82, 2.24) is 19.6 Å². The number of imidazole rings is 1. The van der Waals surface area contributed by atoms with E-state index in [4.69, 9.17) is 0 Å². The standard InChI is InChI=1S/C14H14N4/c1-10(2)11-6-7-14-16-13(9-18(14)17-11)12-5-3-4-8-15-12/h3-10H,1-2H3. The van der Waals surface area contributed by atoms with Crippen LogP contribution in [0.2, 0.25) is 0 Å². The van der Waals surface area contributed by atoms with Crippen LogP contribution in [0.4, 0.5) is 0 Å². The van der Waals surface area contributed by atoms with Crippen molar-refractivity contribution >= 4 is 5.65 Å². The monoisotopic (exact) mass is 238 g/mol. The van der Waals surface area contributed by atoms with E-state index in [1.807, 2.05) is 41.0 Å². The number of nitrogens with zero attached hydrogens (tertiary/aromatic N) is 4. The second-order valence-corrected chi connectivity index (χ2v) is 4.56. The van der Waals surface area contributed by atoms with Gasteiger partial charge in [0.1, 0.15) is 5.69 Å². The van der Waals surface area contributed by atoms with E-state index in [-0.39, 0.29) is 0 Å². The first-order chi connectivity index (χ1) is 8.74. The highest BCUT2D eigenvalue weighted by Gasteiger charge is 2.07. The lowest BCUT2D eigenvalue weighted by Crippen LogP contribution is -1.98. The lowest BCUT2D eigenvalue weighted by Gasteiger charge is -2.02. The second kappa shape index (κ2) is 4.22. The summed E-state index contributed by atoms with van der Waals surface area (Å²) in [6, 6.07) is 9.82. The van der Waals surface area contributed by atoms with E-state index >= 15 is 0 Å². The fraction of sp³-hybridized carbons (Fsp3) is 0.214. The van der Waals surface area contributed by atoms with Crippen molar-refractivity contribution in [3.8, 4) is 11.4 Å². The van der Waals surface area contributed by atoms with Crippen molar-refractivity contribution in [3.63, 3.8) is 0 Å². The Morgan fingerprint density at radius 2 is 1.94 bits per heavy atom. The molecule has 0 atom stereocenters. The molecule has 0 spiro atoms. The molecule has 0 fully saturated rings. The quantitative estimate of drug-likeness (QED) is 0.689. The van der Waals surface area contributed by atoms with Crippen LogP contribution in [-0.2, 0) is 0 Å². The minimum absolute atomic E-state index is 0.412. The van der Waals surface area contributed by atoms with Gasteiger partial charge in [0.25, 0.3) is 0 Å². The Hall–Kier alpha value is -2.23. The largest absolute Gasteiger partial charge is 0.255 e. The van der Waals surface area contributed by atoms with Gasteiger partial charge in [-0.2, -0.15) is 5.10 Å². The van der Waals surface area contributed by atoms with Crippen LogP contribution in [0, 0.1) is 0 Å². The van der Waals surface area contributed by atoms with Gasteiger partial charge in [0.15, 0.2) is 5.65 Å². The van der Waals surface area contributed by atoms with Crippen LogP contribution in [0.15, 0.2) is 42.7 Å². The van der Waals surface area contributed by atoms with E-state index in [9.17, 15) is 0 Å². The lowest BCUT2D eigenvalue weighted by atomic mass is 10.1. The van der Waals surface area contributed by atoms with Gasteiger partial charge < -0.3 is 0 Å². The van der Waals surface area contributed by atoms with Crippen molar-refractivity contribution in [2.45, 2.75) is 19.8 Å². The number of fused-ring (bicyclic) bond motifs is 1. The van der Waals surface area contributed by atoms with E-state index in [0.29, 0.717) is 5.92 Å². The molecule has 3 heterocycles. The Morgan fingerprint density at radius 3 is 2.67 bits per heavy atom. The van der Waals surface area contributed by atoms with Gasteiger partial charge in [-0.3, -0.25) is 4.98 Å². The van der Waals surface area contributed by atoms with Crippen LogP contribution >= 0.6 is 0 Å². The SMILES string of the molecule is CC(C)c1ccc2nc(-c3ccccn3)cn2n1. The van der Waals surface area contributed by atoms with E-state index in [0.717, 1.165) is 22.7 Å². The summed E-state index contributed by atoms with van der Waals surface area (Å²) in [7, 11) is 0. The molecule has 0 aliphatic carbocycles. The van der Waals surface area contributed by atoms with Gasteiger partial charge in [0.2, 0.25) is 0 Å². The highest BCUT2D eigenvalue weighted by atomic mass is 15.2. The van der Waals surface area contributed by atoms with Crippen molar-refractivity contribution in [2.75, 3.05) is 0 Å². The topological polar surface area (TPSA) is 43.1 Å². The highest BCUT2D eigenvalue weighted by Crippen LogP contribution is 2.17. The van der Waals surface area contributed by atoms with E-state index in [2.05, 4.69) is 28.9 Å². The van der Waals surface area contributed by atoms with Crippen molar-refractivity contribution in [1.29, 1.82) is 0 Å². The van der Waals surface area contributed by atoms with Gasteiger partial charge in [-0.15, -0.1) is 0 Å². The Morgan fingerprint density at radius 1 is 1.06 bits per heavy atom. The van der Waals surface area contributed by atoms with Gasteiger partial charge in [0, 0.05) is 6.20 Å². The molecule has 0 N–H and O–H groups in total. The number of rotatable bonds is 2. The molecule has 0 saturated carbocycles. The van der Waals surface area contributed by atoms with Crippen LogP contribution in [0.25, 0.3) is 17.0 Å². The van der Waals surface area contributed by atoms with Crippen molar-refractivity contribution in [3.05, 3.63) is 48.4 Å². The normalized spacial score (nSPS) is 11.3. The average Bonchev–Trinajstić information content (AvgIpc) is 2.82. The van der Waals surface area contributed by atoms with Crippen LogP contribution in [-0.4, -0.2) is 19.6 Å². The molecule has 0 saturated heterocycles. The maximum Gasteiger partial charge on any atom is 0.154 e. The van der Waals surface area contributed by atoms with Gasteiger partial charge >= 0.3 is 0 Å². The molecule has 0 amide bonds. The first-order valence-electron chi connectivity index (χ1n) is 6.02. The fourth-order valence-electron chi connectivity index (χ4n) is 1.84. The lowest BCUT2D eigenvalue weighted by molar-refractivity contribution is 0.764. The predicted molar refractivity (Wildman–Crippen MR) is 70.3 cm³/mol. The van der Waals surface area contributed by atoms with Crippen molar-refractivity contribution in [2.24, 2.45) is 0 Å². The maximum atomic E-state index is 4.55. The molecule has 3 aromatic rings. The summed E-state index contributed by atoms with van der Waals surface area (Å²) in [5.74, 6) is 0.412. The third-order valence-electron chi connectivity index (χ3n) is 2.86. The summed E-state index contributed by atoms with van der Waals surface area (Å²) in [5, 5.41) is 4.55. The molecule has 3 rings (SSSR count).